The number of nitrogens with one attached hydrogen (secondary N) is 2. The molecule has 206 valence electrons. The highest BCUT2D eigenvalue weighted by Crippen LogP contribution is 2.30. The van der Waals surface area contributed by atoms with E-state index in [-0.39, 0.29) is 17.5 Å². The molecule has 1 aliphatic carbocycles. The second-order valence-corrected chi connectivity index (χ2v) is 13.1. The molecule has 0 bridgehead atoms. The summed E-state index contributed by atoms with van der Waals surface area (Å²) in [6.07, 6.45) is 11.6. The third-order valence-corrected chi connectivity index (χ3v) is 10.0. The van der Waals surface area contributed by atoms with Crippen LogP contribution in [0.1, 0.15) is 51.5 Å². The van der Waals surface area contributed by atoms with E-state index in [1.807, 2.05) is 16.9 Å². The van der Waals surface area contributed by atoms with Gasteiger partial charge in [-0.05, 0) is 51.5 Å². The van der Waals surface area contributed by atoms with Gasteiger partial charge in [0.05, 0.1) is 48.2 Å². The van der Waals surface area contributed by atoms with Crippen LogP contribution in [0.25, 0.3) is 11.0 Å². The number of ether oxygens (including phenoxy) is 1. The van der Waals surface area contributed by atoms with Gasteiger partial charge in [-0.2, -0.15) is 10.1 Å². The predicted molar refractivity (Wildman–Crippen MR) is 148 cm³/mol. The van der Waals surface area contributed by atoms with Crippen LogP contribution in [-0.4, -0.2) is 87.5 Å². The van der Waals surface area contributed by atoms with Gasteiger partial charge in [-0.3, -0.25) is 9.58 Å². The average Bonchev–Trinajstić information content (AvgIpc) is 3.57. The van der Waals surface area contributed by atoms with Crippen LogP contribution in [0.2, 0.25) is 0 Å². The lowest BCUT2D eigenvalue weighted by molar-refractivity contribution is 0.00791. The molecule has 3 aromatic rings. The van der Waals surface area contributed by atoms with E-state index < -0.39 is 9.84 Å². The normalized spacial score (nSPS) is 25.0. The topological polar surface area (TPSA) is 119 Å². The number of hydrogen-bond donors (Lipinski definition) is 2. The van der Waals surface area contributed by atoms with E-state index in [0.717, 1.165) is 68.2 Å². The molecule has 1 saturated carbocycles. The van der Waals surface area contributed by atoms with Crippen molar-refractivity contribution in [2.45, 2.75) is 70.1 Å². The Kier molecular flexibility index (Phi) is 7.28. The first-order chi connectivity index (χ1) is 18.5. The molecular weight excluding hydrogens is 504 g/mol. The minimum absolute atomic E-state index is 0.0980. The Bertz CT molecular complexity index is 1340. The number of morpholine rings is 1. The molecule has 0 radical (unpaired) electrons. The first-order valence-corrected chi connectivity index (χ1v) is 15.8. The maximum Gasteiger partial charge on any atom is 0.229 e. The van der Waals surface area contributed by atoms with Crippen LogP contribution in [-0.2, 0) is 21.1 Å². The summed E-state index contributed by atoms with van der Waals surface area (Å²) in [7, 11) is -2.91. The van der Waals surface area contributed by atoms with E-state index in [4.69, 9.17) is 14.7 Å². The molecule has 6 rings (SSSR count). The van der Waals surface area contributed by atoms with Gasteiger partial charge in [0.15, 0.2) is 5.82 Å². The molecule has 12 heteroatoms. The summed E-state index contributed by atoms with van der Waals surface area (Å²) in [6.45, 7) is 6.77. The van der Waals surface area contributed by atoms with Gasteiger partial charge in [0, 0.05) is 44.1 Å². The highest BCUT2D eigenvalue weighted by Gasteiger charge is 2.28. The van der Waals surface area contributed by atoms with Crippen molar-refractivity contribution in [3.63, 3.8) is 0 Å². The molecule has 11 nitrogen and oxygen atoms in total. The number of aromatic nitrogens is 5. The van der Waals surface area contributed by atoms with Crippen molar-refractivity contribution in [3.05, 3.63) is 24.7 Å². The molecule has 3 aliphatic rings. The SMILES string of the molecule is CCn1ccc2nc(Nc3cnn(C4CCS(=O)(=O)CC4)c3)nc(N[C@H]3CC[C@H](N4CCOCC4)CC3)c21. The molecule has 0 unspecified atom stereocenters. The zero-order valence-corrected chi connectivity index (χ0v) is 22.9. The third-order valence-electron chi connectivity index (χ3n) is 8.31. The second kappa shape index (κ2) is 10.8. The lowest BCUT2D eigenvalue weighted by Gasteiger charge is -2.39. The minimum atomic E-state index is -2.91. The van der Waals surface area contributed by atoms with Crippen molar-refractivity contribution in [1.29, 1.82) is 0 Å². The Balaban J connectivity index is 1.16. The van der Waals surface area contributed by atoms with Crippen LogP contribution in [0.15, 0.2) is 24.7 Å². The number of rotatable bonds is 7. The number of fused-ring (bicyclic) bond motifs is 1. The van der Waals surface area contributed by atoms with Gasteiger partial charge < -0.3 is 19.9 Å². The Morgan fingerprint density at radius 2 is 1.79 bits per heavy atom. The van der Waals surface area contributed by atoms with Crippen molar-refractivity contribution in [3.8, 4) is 0 Å². The smallest absolute Gasteiger partial charge is 0.229 e. The summed E-state index contributed by atoms with van der Waals surface area (Å²) in [5, 5.41) is 11.6. The van der Waals surface area contributed by atoms with Gasteiger partial charge in [-0.15, -0.1) is 0 Å². The molecule has 2 aliphatic heterocycles. The summed E-state index contributed by atoms with van der Waals surface area (Å²) in [5.41, 5.74) is 2.73. The van der Waals surface area contributed by atoms with E-state index in [9.17, 15) is 8.42 Å². The number of anilines is 3. The van der Waals surface area contributed by atoms with Crippen molar-refractivity contribution >= 4 is 38.3 Å². The standard InChI is InChI=1S/C26H38N8O3S/c1-2-32-10-7-23-24(32)25(28-19-3-5-21(6-4-19)33-11-13-37-14-12-33)31-26(30-23)29-20-17-27-34(18-20)22-8-15-38(35,36)16-9-22/h7,10,17-19,21-22H,2-6,8-9,11-16H2,1H3,(H2,28,29,30,31)/t19-,21-. The summed E-state index contributed by atoms with van der Waals surface area (Å²) in [5.74, 6) is 1.83. The molecule has 0 amide bonds. The van der Waals surface area contributed by atoms with Gasteiger partial charge in [-0.25, -0.2) is 13.4 Å². The predicted octanol–water partition coefficient (Wildman–Crippen LogP) is 3.20. The van der Waals surface area contributed by atoms with Crippen molar-refractivity contribution in [1.82, 2.24) is 29.2 Å². The maximum atomic E-state index is 11.8. The molecule has 3 fully saturated rings. The van der Waals surface area contributed by atoms with Gasteiger partial charge in [0.2, 0.25) is 5.95 Å². The van der Waals surface area contributed by atoms with Gasteiger partial charge in [0.25, 0.3) is 0 Å². The van der Waals surface area contributed by atoms with E-state index in [2.05, 4.69) is 38.3 Å². The molecule has 0 spiro atoms. The van der Waals surface area contributed by atoms with E-state index >= 15 is 0 Å². The molecule has 2 saturated heterocycles. The Morgan fingerprint density at radius 1 is 1.03 bits per heavy atom. The van der Waals surface area contributed by atoms with E-state index in [1.54, 1.807) is 6.20 Å². The van der Waals surface area contributed by atoms with Crippen molar-refractivity contribution in [2.75, 3.05) is 48.4 Å². The van der Waals surface area contributed by atoms with Gasteiger partial charge in [0.1, 0.15) is 15.4 Å². The Morgan fingerprint density at radius 3 is 2.53 bits per heavy atom. The van der Waals surface area contributed by atoms with Crippen molar-refractivity contribution in [2.24, 2.45) is 0 Å². The lowest BCUT2D eigenvalue weighted by Crippen LogP contribution is -2.46. The fourth-order valence-electron chi connectivity index (χ4n) is 6.12. The fraction of sp³-hybridized carbons (Fsp3) is 0.654. The number of aryl methyl sites for hydroxylation is 1. The molecule has 3 aromatic heterocycles. The summed E-state index contributed by atoms with van der Waals surface area (Å²) in [4.78, 5) is 12.3. The third kappa shape index (κ3) is 5.52. The van der Waals surface area contributed by atoms with Crippen molar-refractivity contribution < 1.29 is 13.2 Å². The molecule has 38 heavy (non-hydrogen) atoms. The van der Waals surface area contributed by atoms with Gasteiger partial charge >= 0.3 is 0 Å². The second-order valence-electron chi connectivity index (χ2n) is 10.7. The molecule has 0 atom stereocenters. The first-order valence-electron chi connectivity index (χ1n) is 13.9. The quantitative estimate of drug-likeness (QED) is 0.464. The summed E-state index contributed by atoms with van der Waals surface area (Å²) < 4.78 is 33.2. The largest absolute Gasteiger partial charge is 0.379 e. The van der Waals surface area contributed by atoms with Crippen LogP contribution in [0.3, 0.4) is 0 Å². The average molecular weight is 543 g/mol. The number of nitrogens with zero attached hydrogens (tertiary/aromatic N) is 6. The monoisotopic (exact) mass is 542 g/mol. The number of hydrogen-bond acceptors (Lipinski definition) is 9. The van der Waals surface area contributed by atoms with Crippen LogP contribution in [0.5, 0.6) is 0 Å². The van der Waals surface area contributed by atoms with Crippen LogP contribution >= 0.6 is 0 Å². The molecule has 2 N–H and O–H groups in total. The summed E-state index contributed by atoms with van der Waals surface area (Å²) in [6, 6.07) is 3.17. The summed E-state index contributed by atoms with van der Waals surface area (Å²) >= 11 is 0. The number of sulfone groups is 1. The zero-order chi connectivity index (χ0) is 26.1. The molecule has 0 aromatic carbocycles. The Labute approximate surface area is 223 Å². The Hall–Kier alpha value is -2.70. The van der Waals surface area contributed by atoms with Crippen LogP contribution in [0.4, 0.5) is 17.5 Å². The van der Waals surface area contributed by atoms with Crippen LogP contribution < -0.4 is 10.6 Å². The van der Waals surface area contributed by atoms with Crippen LogP contribution in [0, 0.1) is 0 Å². The van der Waals surface area contributed by atoms with E-state index in [0.29, 0.717) is 30.9 Å². The maximum absolute atomic E-state index is 11.8. The van der Waals surface area contributed by atoms with Gasteiger partial charge in [-0.1, -0.05) is 0 Å². The molecular formula is C26H38N8O3S. The highest BCUT2D eigenvalue weighted by atomic mass is 32.2. The highest BCUT2D eigenvalue weighted by molar-refractivity contribution is 7.91. The first kappa shape index (κ1) is 25.6. The lowest BCUT2D eigenvalue weighted by atomic mass is 9.90. The minimum Gasteiger partial charge on any atom is -0.379 e. The molecule has 5 heterocycles. The van der Waals surface area contributed by atoms with E-state index in [1.165, 1.54) is 12.8 Å². The fourth-order valence-corrected chi connectivity index (χ4v) is 7.59. The zero-order valence-electron chi connectivity index (χ0n) is 22.1.